The van der Waals surface area contributed by atoms with Crippen LogP contribution in [0.3, 0.4) is 0 Å². The number of benzene rings is 1. The molecule has 0 aliphatic heterocycles. The molecule has 0 aliphatic carbocycles. The zero-order chi connectivity index (χ0) is 9.68. The maximum Gasteiger partial charge on any atom is 0.0431 e. The average molecular weight is 178 g/mol. The van der Waals surface area contributed by atoms with Crippen molar-refractivity contribution >= 4 is 0 Å². The van der Waals surface area contributed by atoms with E-state index < -0.39 is 0 Å². The summed E-state index contributed by atoms with van der Waals surface area (Å²) in [6.45, 7) is 4.25. The number of nitrogens with two attached hydrogens (primary N) is 1. The van der Waals surface area contributed by atoms with Crippen molar-refractivity contribution in [3.05, 3.63) is 35.4 Å². The molecule has 0 fully saturated rings. The summed E-state index contributed by atoms with van der Waals surface area (Å²) in [5.41, 5.74) is 5.40. The second-order valence-electron chi connectivity index (χ2n) is 3.38. The summed E-state index contributed by atoms with van der Waals surface area (Å²) >= 11 is 0. The summed E-state index contributed by atoms with van der Waals surface area (Å²) in [6, 6.07) is 8.80. The maximum absolute atomic E-state index is 5.38. The highest BCUT2D eigenvalue weighted by molar-refractivity contribution is 5.25. The van der Waals surface area contributed by atoms with Crippen LogP contribution in [0.1, 0.15) is 37.4 Å². The lowest BCUT2D eigenvalue weighted by molar-refractivity contribution is 0.601. The molecule has 1 aromatic rings. The molecule has 0 heterocycles. The van der Waals surface area contributed by atoms with E-state index in [4.69, 9.17) is 5.84 Å². The van der Waals surface area contributed by atoms with Crippen molar-refractivity contribution in [3.63, 3.8) is 0 Å². The van der Waals surface area contributed by atoms with Crippen molar-refractivity contribution in [1.82, 2.24) is 5.43 Å². The summed E-state index contributed by atoms with van der Waals surface area (Å²) in [5.74, 6) is 5.38. The van der Waals surface area contributed by atoms with Crippen LogP contribution >= 0.6 is 0 Å². The molecule has 0 radical (unpaired) electrons. The van der Waals surface area contributed by atoms with E-state index in [-0.39, 0.29) is 6.04 Å². The molecular weight excluding hydrogens is 160 g/mol. The number of hydrogen-bond donors (Lipinski definition) is 2. The minimum absolute atomic E-state index is 0.233. The Morgan fingerprint density at radius 3 is 2.85 bits per heavy atom. The van der Waals surface area contributed by atoms with Crippen molar-refractivity contribution in [2.45, 2.75) is 32.7 Å². The molecule has 0 amide bonds. The number of nitrogens with one attached hydrogen (secondary N) is 1. The SMILES string of the molecule is CCCc1cccc(C(C)NN)c1. The molecule has 13 heavy (non-hydrogen) atoms. The van der Waals surface area contributed by atoms with Crippen molar-refractivity contribution in [2.75, 3.05) is 0 Å². The van der Waals surface area contributed by atoms with Gasteiger partial charge in [0.25, 0.3) is 0 Å². The lowest BCUT2D eigenvalue weighted by atomic mass is 10.0. The van der Waals surface area contributed by atoms with Crippen LogP contribution in [-0.4, -0.2) is 0 Å². The third-order valence-electron chi connectivity index (χ3n) is 2.24. The van der Waals surface area contributed by atoms with E-state index in [1.165, 1.54) is 17.5 Å². The lowest BCUT2D eigenvalue weighted by Gasteiger charge is -2.11. The summed E-state index contributed by atoms with van der Waals surface area (Å²) in [4.78, 5) is 0. The number of hydrogen-bond acceptors (Lipinski definition) is 2. The first-order valence-corrected chi connectivity index (χ1v) is 4.83. The molecule has 72 valence electrons. The topological polar surface area (TPSA) is 38.0 Å². The minimum atomic E-state index is 0.233. The Kier molecular flexibility index (Phi) is 3.93. The Balaban J connectivity index is 2.78. The zero-order valence-corrected chi connectivity index (χ0v) is 8.38. The Morgan fingerprint density at radius 1 is 1.46 bits per heavy atom. The molecule has 0 spiro atoms. The van der Waals surface area contributed by atoms with Gasteiger partial charge in [0, 0.05) is 6.04 Å². The third-order valence-corrected chi connectivity index (χ3v) is 2.24. The Bertz CT molecular complexity index is 258. The second kappa shape index (κ2) is 5.00. The molecule has 1 aromatic carbocycles. The fourth-order valence-electron chi connectivity index (χ4n) is 1.40. The number of aryl methyl sites for hydroxylation is 1. The highest BCUT2D eigenvalue weighted by atomic mass is 15.2. The highest BCUT2D eigenvalue weighted by Crippen LogP contribution is 2.14. The first kappa shape index (κ1) is 10.2. The molecule has 0 aliphatic rings. The van der Waals surface area contributed by atoms with Gasteiger partial charge in [0.2, 0.25) is 0 Å². The molecule has 0 saturated heterocycles. The van der Waals surface area contributed by atoms with E-state index in [1.54, 1.807) is 0 Å². The predicted octanol–water partition coefficient (Wildman–Crippen LogP) is 2.16. The van der Waals surface area contributed by atoms with E-state index in [2.05, 4.69) is 43.5 Å². The molecule has 1 rings (SSSR count). The van der Waals surface area contributed by atoms with Gasteiger partial charge in [-0.2, -0.15) is 0 Å². The first-order chi connectivity index (χ1) is 6.27. The van der Waals surface area contributed by atoms with Gasteiger partial charge in [0.15, 0.2) is 0 Å². The van der Waals surface area contributed by atoms with Gasteiger partial charge < -0.3 is 0 Å². The number of rotatable bonds is 4. The van der Waals surface area contributed by atoms with Crippen LogP contribution in [0.5, 0.6) is 0 Å². The van der Waals surface area contributed by atoms with Gasteiger partial charge in [0.05, 0.1) is 0 Å². The van der Waals surface area contributed by atoms with Gasteiger partial charge in [-0.1, -0.05) is 37.6 Å². The predicted molar refractivity (Wildman–Crippen MR) is 56.2 cm³/mol. The van der Waals surface area contributed by atoms with Gasteiger partial charge in [-0.15, -0.1) is 0 Å². The normalized spacial score (nSPS) is 12.8. The van der Waals surface area contributed by atoms with Crippen LogP contribution in [0.4, 0.5) is 0 Å². The van der Waals surface area contributed by atoms with Crippen LogP contribution in [-0.2, 0) is 6.42 Å². The van der Waals surface area contributed by atoms with Crippen LogP contribution in [0.25, 0.3) is 0 Å². The average Bonchev–Trinajstić information content (AvgIpc) is 2.18. The lowest BCUT2D eigenvalue weighted by Crippen LogP contribution is -2.25. The van der Waals surface area contributed by atoms with E-state index >= 15 is 0 Å². The second-order valence-corrected chi connectivity index (χ2v) is 3.38. The first-order valence-electron chi connectivity index (χ1n) is 4.83. The monoisotopic (exact) mass is 178 g/mol. The summed E-state index contributed by atoms with van der Waals surface area (Å²) in [6.07, 6.45) is 2.33. The largest absolute Gasteiger partial charge is 0.271 e. The van der Waals surface area contributed by atoms with Crippen LogP contribution in [0.2, 0.25) is 0 Å². The van der Waals surface area contributed by atoms with Crippen molar-refractivity contribution < 1.29 is 0 Å². The molecule has 0 bridgehead atoms. The Labute approximate surface area is 80.1 Å². The van der Waals surface area contributed by atoms with Crippen LogP contribution in [0, 0.1) is 0 Å². The molecule has 1 atom stereocenters. The van der Waals surface area contributed by atoms with Gasteiger partial charge in [-0.3, -0.25) is 11.3 Å². The molecular formula is C11H18N2. The molecule has 0 saturated carbocycles. The molecule has 2 nitrogen and oxygen atoms in total. The fraction of sp³-hybridized carbons (Fsp3) is 0.455. The van der Waals surface area contributed by atoms with Gasteiger partial charge in [-0.25, -0.2) is 0 Å². The standard InChI is InChI=1S/C11H18N2/c1-3-5-10-6-4-7-11(8-10)9(2)13-12/h4,6-9,13H,3,5,12H2,1-2H3. The Hall–Kier alpha value is -0.860. The van der Waals surface area contributed by atoms with E-state index in [9.17, 15) is 0 Å². The quantitative estimate of drug-likeness (QED) is 0.547. The minimum Gasteiger partial charge on any atom is -0.271 e. The van der Waals surface area contributed by atoms with E-state index in [1.807, 2.05) is 0 Å². The van der Waals surface area contributed by atoms with E-state index in [0.717, 1.165) is 6.42 Å². The van der Waals surface area contributed by atoms with Crippen molar-refractivity contribution in [1.29, 1.82) is 0 Å². The fourth-order valence-corrected chi connectivity index (χ4v) is 1.40. The third kappa shape index (κ3) is 2.83. The summed E-state index contributed by atoms with van der Waals surface area (Å²) < 4.78 is 0. The molecule has 0 aromatic heterocycles. The number of hydrazine groups is 1. The highest BCUT2D eigenvalue weighted by Gasteiger charge is 2.02. The smallest absolute Gasteiger partial charge is 0.0431 e. The molecule has 1 unspecified atom stereocenters. The van der Waals surface area contributed by atoms with E-state index in [0.29, 0.717) is 0 Å². The molecule has 3 N–H and O–H groups in total. The van der Waals surface area contributed by atoms with Gasteiger partial charge >= 0.3 is 0 Å². The van der Waals surface area contributed by atoms with Gasteiger partial charge in [-0.05, 0) is 24.5 Å². The molecule has 2 heteroatoms. The van der Waals surface area contributed by atoms with Crippen molar-refractivity contribution in [3.8, 4) is 0 Å². The summed E-state index contributed by atoms with van der Waals surface area (Å²) in [5, 5.41) is 0. The zero-order valence-electron chi connectivity index (χ0n) is 8.38. The Morgan fingerprint density at radius 2 is 2.23 bits per heavy atom. The van der Waals surface area contributed by atoms with Crippen LogP contribution < -0.4 is 11.3 Å². The van der Waals surface area contributed by atoms with Crippen LogP contribution in [0.15, 0.2) is 24.3 Å². The van der Waals surface area contributed by atoms with Gasteiger partial charge in [0.1, 0.15) is 0 Å². The summed E-state index contributed by atoms with van der Waals surface area (Å²) in [7, 11) is 0. The van der Waals surface area contributed by atoms with Crippen molar-refractivity contribution in [2.24, 2.45) is 5.84 Å². The maximum atomic E-state index is 5.38.